The SMILES string of the molecule is CC(C)(C)NC(=O)C1CSC(=O)C1.CC(C)NC(=O)C1CSC(=O)C1.CC1CC(CC(=O)O)C(=O)S1.CC1CC(CCC(=O)O)C(=O)S1.CC1SC(=O)C(C(C)C=O)C1=O.CCCN(C)C(=O)C1CSC(=O)C1.CCCNC(=O)C1CSC(=O)C1.CCN(C)C(=O)C1CSC(=O)C1.CCN(CC)C(=O)C1CSC(=O)C1.CCOC(=O)CCC1CCSC1=O. The average Bonchev–Trinajstić information content (AvgIpc) is 1.68. The zero-order valence-electron chi connectivity index (χ0n) is 74.0. The molecule has 0 aromatic rings. The largest absolute Gasteiger partial charge is 0.481 e. The molecule has 0 aliphatic carbocycles. The molecule has 10 rings (SSSR count). The van der Waals surface area contributed by atoms with Crippen LogP contribution in [0.5, 0.6) is 0 Å². The Morgan fingerprint density at radius 1 is 0.496 bits per heavy atom. The van der Waals surface area contributed by atoms with Crippen LogP contribution in [0.2, 0.25) is 0 Å². The normalized spacial score (nSPS) is 24.9. The number of ether oxygens (including phenoxy) is 1. The summed E-state index contributed by atoms with van der Waals surface area (Å²) in [7, 11) is 3.58. The molecule has 10 aliphatic heterocycles. The summed E-state index contributed by atoms with van der Waals surface area (Å²) in [5.74, 6) is 1.54. The molecular formula is C83H130N6O24S10. The number of carbonyl (C=O) groups is 21. The van der Waals surface area contributed by atoms with E-state index in [4.69, 9.17) is 14.9 Å². The topological polar surface area (TPSA) is 454 Å². The van der Waals surface area contributed by atoms with Gasteiger partial charge in [-0.2, -0.15) is 0 Å². The summed E-state index contributed by atoms with van der Waals surface area (Å²) in [6, 6.07) is 0.165. The number of carboxylic acid groups (broad SMARTS) is 2. The minimum Gasteiger partial charge on any atom is -0.481 e. The molecule has 10 heterocycles. The van der Waals surface area contributed by atoms with E-state index >= 15 is 0 Å². The van der Waals surface area contributed by atoms with Gasteiger partial charge in [0.05, 0.1) is 59.7 Å². The number of ketones is 1. The van der Waals surface area contributed by atoms with Crippen LogP contribution in [-0.2, 0) is 105 Å². The first kappa shape index (κ1) is 116. The lowest BCUT2D eigenvalue weighted by molar-refractivity contribution is -0.144. The third kappa shape index (κ3) is 47.6. The fourth-order valence-electron chi connectivity index (χ4n) is 12.5. The molecule has 0 spiro atoms. The highest BCUT2D eigenvalue weighted by Gasteiger charge is 2.43. The van der Waals surface area contributed by atoms with Crippen LogP contribution < -0.4 is 16.0 Å². The Balaban J connectivity index is 0.000000684. The van der Waals surface area contributed by atoms with Crippen molar-refractivity contribution in [1.82, 2.24) is 30.7 Å². The molecule has 10 aliphatic rings. The van der Waals surface area contributed by atoms with Gasteiger partial charge in [0.1, 0.15) is 6.29 Å². The number of nitrogens with one attached hydrogen (secondary N) is 3. The number of aldehydes is 1. The van der Waals surface area contributed by atoms with E-state index in [0.29, 0.717) is 129 Å². The number of hydrogen-bond donors (Lipinski definition) is 5. The molecule has 0 bridgehead atoms. The number of nitrogens with zero attached hydrogens (tertiary/aromatic N) is 3. The van der Waals surface area contributed by atoms with E-state index in [1.165, 1.54) is 106 Å². The summed E-state index contributed by atoms with van der Waals surface area (Å²) in [6.07, 6.45) is 9.21. The second-order valence-corrected chi connectivity index (χ2v) is 43.5. The van der Waals surface area contributed by atoms with Crippen LogP contribution in [0, 0.1) is 65.1 Å². The molecular weight excluding hydrogens is 1790 g/mol. The first-order chi connectivity index (χ1) is 57.7. The van der Waals surface area contributed by atoms with Gasteiger partial charge in [-0.1, -0.05) is 152 Å². The van der Waals surface area contributed by atoms with Gasteiger partial charge in [-0.25, -0.2) is 0 Å². The molecule has 14 atom stereocenters. The number of hydrogen-bond acceptors (Lipinski definition) is 32. The van der Waals surface area contributed by atoms with E-state index in [1.807, 2.05) is 83.1 Å². The van der Waals surface area contributed by atoms with Crippen LogP contribution in [-0.4, -0.2) is 263 Å². The first-order valence-corrected chi connectivity index (χ1v) is 51.2. The summed E-state index contributed by atoms with van der Waals surface area (Å²) < 4.78 is 4.78. The maximum atomic E-state index is 11.7. The Bertz CT molecular complexity index is 3600. The average molecular weight is 1920 g/mol. The number of amides is 6. The number of carbonyl (C=O) groups excluding carboxylic acids is 19. The van der Waals surface area contributed by atoms with Gasteiger partial charge in [0.15, 0.2) is 51.8 Å². The lowest BCUT2D eigenvalue weighted by Gasteiger charge is -2.22. The minimum absolute atomic E-state index is 0.00380. The van der Waals surface area contributed by atoms with Crippen LogP contribution >= 0.6 is 118 Å². The molecule has 0 aromatic heterocycles. The summed E-state index contributed by atoms with van der Waals surface area (Å²) in [5.41, 5.74) is -0.201. The predicted molar refractivity (Wildman–Crippen MR) is 494 cm³/mol. The molecule has 14 unspecified atom stereocenters. The Morgan fingerprint density at radius 2 is 0.919 bits per heavy atom. The van der Waals surface area contributed by atoms with Crippen LogP contribution in [0.3, 0.4) is 0 Å². The van der Waals surface area contributed by atoms with Crippen molar-refractivity contribution in [3.05, 3.63) is 0 Å². The Kier molecular flexibility index (Phi) is 58.4. The fraction of sp³-hybridized carbons (Fsp3) is 0.747. The Labute approximate surface area is 767 Å². The minimum atomic E-state index is -0.877. The van der Waals surface area contributed by atoms with Crippen LogP contribution in [0.15, 0.2) is 0 Å². The molecule has 0 radical (unpaired) electrons. The van der Waals surface area contributed by atoms with Crippen LogP contribution in [0.25, 0.3) is 0 Å². The number of thioether (sulfide) groups is 10. The van der Waals surface area contributed by atoms with Gasteiger partial charge in [-0.3, -0.25) is 95.9 Å². The number of rotatable bonds is 25. The molecule has 5 N–H and O–H groups in total. The molecule has 696 valence electrons. The van der Waals surface area contributed by atoms with Crippen LogP contribution in [0.1, 0.15) is 207 Å². The lowest BCUT2D eigenvalue weighted by Crippen LogP contribution is -2.43. The standard InChI is InChI=1S/3C9H15NO2S.C9H14O3S.3C8H13NO2S.C8H10O3S.C8H12O3S.C7H10O3S/c1-9(2,3)10-8(12)6-4-7(11)13-5-6;1-3-4-10(2)9(12)7-5-8(11)13-6-7;1-3-10(4-2)9(12)7-5-8(11)13-6-7;1-2-12-8(10)4-3-7-5-6-13-9(7)11;1-5(2)9-8(11)6-3-7(10)12-4-6;1-3-9(2)8(11)6-4-7(10)12-5-6;1-2-3-9-8(11)6-4-7(10)12-5-6;1-4(3-9)6-7(10)5(2)12-8(6)11;1-5-4-6(8(11)12-5)2-3-7(9)10;1-4-2-5(3-6(8)9)7(10)11-4/h6H,4-5H2,1-3H3,(H,10,12);2*7H,3-6H2,1-2H3;7H,2-6H2,1H3;5-6H,3-4H2,1-2H3,(H,9,11);6H,3-5H2,1-2H3;6H,2-5H2,1H3,(H,9,11);3-6H,1-2H3;5-6H,2-4H2,1H3,(H,9,10);4-5H,2-3H2,1H3,(H,8,9). The number of aliphatic carboxylic acids is 2. The van der Waals surface area contributed by atoms with Crippen molar-refractivity contribution in [2.45, 2.75) is 234 Å². The Hall–Kier alpha value is -5.23. The summed E-state index contributed by atoms with van der Waals surface area (Å²) in [6.45, 7) is 32.7. The quantitative estimate of drug-likeness (QED) is 0.0322. The molecule has 40 heteroatoms. The second-order valence-electron chi connectivity index (χ2n) is 31.7. The number of carboxylic acids is 2. The van der Waals surface area contributed by atoms with Crippen LogP contribution in [0.4, 0.5) is 0 Å². The maximum Gasteiger partial charge on any atom is 0.305 e. The molecule has 6 amide bonds. The molecule has 0 aromatic carbocycles. The van der Waals surface area contributed by atoms with Crippen molar-refractivity contribution >= 4 is 234 Å². The lowest BCUT2D eigenvalue weighted by atomic mass is 9.91. The van der Waals surface area contributed by atoms with Crippen molar-refractivity contribution in [2.24, 2.45) is 65.1 Å². The Morgan fingerprint density at radius 3 is 1.25 bits per heavy atom. The summed E-state index contributed by atoms with van der Waals surface area (Å²) in [4.78, 5) is 237. The molecule has 10 fully saturated rings. The van der Waals surface area contributed by atoms with Crippen molar-refractivity contribution in [2.75, 3.05) is 93.7 Å². The van der Waals surface area contributed by atoms with Gasteiger partial charge in [0.25, 0.3) is 0 Å². The third-order valence-electron chi connectivity index (χ3n) is 19.4. The van der Waals surface area contributed by atoms with E-state index in [1.54, 1.807) is 49.6 Å². The van der Waals surface area contributed by atoms with E-state index in [-0.39, 0.29) is 181 Å². The van der Waals surface area contributed by atoms with Crippen molar-refractivity contribution in [3.8, 4) is 0 Å². The zero-order chi connectivity index (χ0) is 93.6. The van der Waals surface area contributed by atoms with Gasteiger partial charge in [0.2, 0.25) is 40.6 Å². The monoisotopic (exact) mass is 1910 g/mol. The van der Waals surface area contributed by atoms with E-state index in [0.717, 1.165) is 69.3 Å². The van der Waals surface area contributed by atoms with Gasteiger partial charge in [-0.05, 0) is 114 Å². The molecule has 30 nitrogen and oxygen atoms in total. The molecule has 10 saturated heterocycles. The summed E-state index contributed by atoms with van der Waals surface area (Å²) in [5, 5.41) is 26.9. The van der Waals surface area contributed by atoms with E-state index in [2.05, 4.69) is 16.0 Å². The van der Waals surface area contributed by atoms with Crippen molar-refractivity contribution in [1.29, 1.82) is 0 Å². The number of esters is 1. The fourth-order valence-corrected chi connectivity index (χ4v) is 22.7. The van der Waals surface area contributed by atoms with Crippen molar-refractivity contribution in [3.63, 3.8) is 0 Å². The predicted octanol–water partition coefficient (Wildman–Crippen LogP) is 10.7. The summed E-state index contributed by atoms with van der Waals surface area (Å²) >= 11 is 12.7. The highest BCUT2D eigenvalue weighted by atomic mass is 32.2. The zero-order valence-corrected chi connectivity index (χ0v) is 82.2. The van der Waals surface area contributed by atoms with Gasteiger partial charge < -0.3 is 50.4 Å². The number of Topliss-reactive ketones (excluding diaryl/α,β-unsaturated/α-hetero) is 1. The van der Waals surface area contributed by atoms with Gasteiger partial charge >= 0.3 is 17.9 Å². The van der Waals surface area contributed by atoms with Gasteiger partial charge in [0, 0.05) is 184 Å². The van der Waals surface area contributed by atoms with Crippen molar-refractivity contribution < 1.29 is 116 Å². The highest BCUT2D eigenvalue weighted by molar-refractivity contribution is 8.16. The molecule has 0 saturated carbocycles. The first-order valence-electron chi connectivity index (χ1n) is 41.7. The third-order valence-corrected chi connectivity index (χ3v) is 30.2. The molecule has 123 heavy (non-hydrogen) atoms. The van der Waals surface area contributed by atoms with Gasteiger partial charge in [-0.15, -0.1) is 0 Å². The van der Waals surface area contributed by atoms with E-state index in [9.17, 15) is 101 Å². The maximum absolute atomic E-state index is 11.7. The second kappa shape index (κ2) is 62.1. The highest BCUT2D eigenvalue weighted by Crippen LogP contribution is 2.38. The van der Waals surface area contributed by atoms with E-state index < -0.39 is 23.8 Å². The smallest absolute Gasteiger partial charge is 0.305 e.